The van der Waals surface area contributed by atoms with Crippen molar-refractivity contribution in [2.75, 3.05) is 12.4 Å². The van der Waals surface area contributed by atoms with Gasteiger partial charge >= 0.3 is 5.69 Å². The van der Waals surface area contributed by atoms with Crippen LogP contribution in [0.25, 0.3) is 0 Å². The molecule has 21 heavy (non-hydrogen) atoms. The number of anilines is 1. The summed E-state index contributed by atoms with van der Waals surface area (Å²) >= 11 is 0. The maximum atomic E-state index is 10.7. The van der Waals surface area contributed by atoms with Crippen LogP contribution in [0.1, 0.15) is 11.3 Å². The minimum absolute atomic E-state index is 0.209. The zero-order valence-electron chi connectivity index (χ0n) is 11.2. The number of hydrogen-bond acceptors (Lipinski definition) is 6. The third-order valence-corrected chi connectivity index (χ3v) is 2.81. The minimum Gasteiger partial charge on any atom is -0.497 e. The van der Waals surface area contributed by atoms with Gasteiger partial charge in [-0.3, -0.25) is 10.1 Å². The molecule has 0 aliphatic rings. The Morgan fingerprint density at radius 3 is 2.62 bits per heavy atom. The fourth-order valence-corrected chi connectivity index (χ4v) is 1.72. The lowest BCUT2D eigenvalue weighted by molar-refractivity contribution is -0.385. The first-order valence-corrected chi connectivity index (χ1v) is 6.06. The number of aromatic nitrogens is 1. The molecule has 0 fully saturated rings. The summed E-state index contributed by atoms with van der Waals surface area (Å²) in [6.45, 7) is 0.486. The van der Waals surface area contributed by atoms with Crippen LogP contribution >= 0.6 is 0 Å². The van der Waals surface area contributed by atoms with Gasteiger partial charge in [-0.25, -0.2) is 4.98 Å². The lowest BCUT2D eigenvalue weighted by Gasteiger charge is -2.07. The Labute approximate surface area is 121 Å². The van der Waals surface area contributed by atoms with E-state index in [0.717, 1.165) is 11.3 Å². The second-order valence-corrected chi connectivity index (χ2v) is 4.13. The number of pyridine rings is 1. The Morgan fingerprint density at radius 2 is 2.05 bits per heavy atom. The van der Waals surface area contributed by atoms with Crippen LogP contribution in [-0.2, 0) is 6.54 Å². The molecule has 0 atom stereocenters. The highest BCUT2D eigenvalue weighted by atomic mass is 16.6. The van der Waals surface area contributed by atoms with E-state index in [2.05, 4.69) is 10.3 Å². The Morgan fingerprint density at radius 1 is 1.33 bits per heavy atom. The van der Waals surface area contributed by atoms with E-state index in [1.54, 1.807) is 13.2 Å². The number of benzene rings is 1. The molecular weight excluding hydrogens is 272 g/mol. The molecule has 2 rings (SSSR count). The Bertz CT molecular complexity index is 692. The van der Waals surface area contributed by atoms with E-state index < -0.39 is 4.92 Å². The summed E-state index contributed by atoms with van der Waals surface area (Å²) in [5, 5.41) is 22.6. The second-order valence-electron chi connectivity index (χ2n) is 4.13. The van der Waals surface area contributed by atoms with E-state index in [1.165, 1.54) is 12.1 Å². The fraction of sp³-hybridized carbons (Fsp3) is 0.143. The number of nitrogens with zero attached hydrogens (tertiary/aromatic N) is 3. The van der Waals surface area contributed by atoms with Crippen molar-refractivity contribution in [3.05, 3.63) is 57.8 Å². The molecule has 0 amide bonds. The molecule has 106 valence electrons. The van der Waals surface area contributed by atoms with Gasteiger partial charge in [0.25, 0.3) is 0 Å². The molecule has 1 heterocycles. The van der Waals surface area contributed by atoms with Gasteiger partial charge in [-0.2, -0.15) is 5.26 Å². The summed E-state index contributed by atoms with van der Waals surface area (Å²) in [6.07, 6.45) is 0. The standard InChI is InChI=1S/C14H12N4O3/c1-21-11-4-2-10(3-5-11)9-16-14-7-6-13(18(19)20)12(8-15)17-14/h2-7H,9H2,1H3,(H,16,17). The van der Waals surface area contributed by atoms with Crippen molar-refractivity contribution in [3.63, 3.8) is 0 Å². The van der Waals surface area contributed by atoms with Gasteiger partial charge in [0.05, 0.1) is 12.0 Å². The van der Waals surface area contributed by atoms with E-state index in [0.29, 0.717) is 12.4 Å². The van der Waals surface area contributed by atoms with Gasteiger partial charge in [0.1, 0.15) is 17.6 Å². The van der Waals surface area contributed by atoms with Crippen molar-refractivity contribution in [1.82, 2.24) is 4.98 Å². The van der Waals surface area contributed by atoms with E-state index in [9.17, 15) is 10.1 Å². The van der Waals surface area contributed by atoms with Crippen LogP contribution in [0.3, 0.4) is 0 Å². The SMILES string of the molecule is COc1ccc(CNc2ccc([N+](=O)[O-])c(C#N)n2)cc1. The molecule has 0 bridgehead atoms. The molecular formula is C14H12N4O3. The molecule has 0 saturated heterocycles. The monoisotopic (exact) mass is 284 g/mol. The third-order valence-electron chi connectivity index (χ3n) is 2.81. The van der Waals surface area contributed by atoms with Crippen molar-refractivity contribution < 1.29 is 9.66 Å². The number of ether oxygens (including phenoxy) is 1. The van der Waals surface area contributed by atoms with Crippen LogP contribution in [0, 0.1) is 21.4 Å². The van der Waals surface area contributed by atoms with Crippen LogP contribution in [0.2, 0.25) is 0 Å². The van der Waals surface area contributed by atoms with Crippen molar-refractivity contribution in [2.24, 2.45) is 0 Å². The first kappa shape index (κ1) is 14.3. The van der Waals surface area contributed by atoms with Gasteiger partial charge in [0.2, 0.25) is 5.69 Å². The number of nitro groups is 1. The number of nitriles is 1. The van der Waals surface area contributed by atoms with Crippen LogP contribution in [0.4, 0.5) is 11.5 Å². The zero-order chi connectivity index (χ0) is 15.2. The van der Waals surface area contributed by atoms with Gasteiger partial charge in [-0.05, 0) is 23.8 Å². The van der Waals surface area contributed by atoms with E-state index in [4.69, 9.17) is 10.00 Å². The summed E-state index contributed by atoms with van der Waals surface area (Å²) in [7, 11) is 1.59. The molecule has 1 aromatic carbocycles. The quantitative estimate of drug-likeness (QED) is 0.668. The minimum atomic E-state index is -0.626. The number of rotatable bonds is 5. The molecule has 1 N–H and O–H groups in total. The highest BCUT2D eigenvalue weighted by Gasteiger charge is 2.15. The smallest absolute Gasteiger partial charge is 0.305 e. The molecule has 0 radical (unpaired) electrons. The van der Waals surface area contributed by atoms with Crippen LogP contribution in [-0.4, -0.2) is 17.0 Å². The molecule has 0 unspecified atom stereocenters. The van der Waals surface area contributed by atoms with E-state index in [1.807, 2.05) is 24.3 Å². The highest BCUT2D eigenvalue weighted by molar-refractivity contribution is 5.50. The summed E-state index contributed by atoms with van der Waals surface area (Å²) in [4.78, 5) is 14.0. The van der Waals surface area contributed by atoms with Crippen LogP contribution in [0.5, 0.6) is 5.75 Å². The van der Waals surface area contributed by atoms with Gasteiger partial charge in [-0.1, -0.05) is 12.1 Å². The topological polar surface area (TPSA) is 101 Å². The molecule has 0 aliphatic heterocycles. The van der Waals surface area contributed by atoms with Crippen LogP contribution in [0.15, 0.2) is 36.4 Å². The van der Waals surface area contributed by atoms with Crippen molar-refractivity contribution >= 4 is 11.5 Å². The second kappa shape index (κ2) is 6.34. The van der Waals surface area contributed by atoms with Crippen molar-refractivity contribution in [3.8, 4) is 11.8 Å². The normalized spacial score (nSPS) is 9.71. The number of hydrogen-bond donors (Lipinski definition) is 1. The highest BCUT2D eigenvalue weighted by Crippen LogP contribution is 2.19. The molecule has 7 nitrogen and oxygen atoms in total. The summed E-state index contributed by atoms with van der Waals surface area (Å²) in [5.74, 6) is 1.17. The molecule has 2 aromatic rings. The summed E-state index contributed by atoms with van der Waals surface area (Å²) in [6, 6.07) is 11.9. The molecule has 0 spiro atoms. The Balaban J connectivity index is 2.09. The van der Waals surface area contributed by atoms with Gasteiger partial charge in [-0.15, -0.1) is 0 Å². The van der Waals surface area contributed by atoms with Crippen molar-refractivity contribution in [1.29, 1.82) is 5.26 Å². The lowest BCUT2D eigenvalue weighted by Crippen LogP contribution is -2.03. The molecule has 0 aliphatic carbocycles. The summed E-state index contributed by atoms with van der Waals surface area (Å²) in [5.41, 5.74) is 0.488. The fourth-order valence-electron chi connectivity index (χ4n) is 1.72. The van der Waals surface area contributed by atoms with Crippen LogP contribution < -0.4 is 10.1 Å². The van der Waals surface area contributed by atoms with Gasteiger partial charge in [0, 0.05) is 12.6 Å². The van der Waals surface area contributed by atoms with Gasteiger partial charge in [0.15, 0.2) is 0 Å². The lowest BCUT2D eigenvalue weighted by atomic mass is 10.2. The Hall–Kier alpha value is -3.14. The predicted molar refractivity (Wildman–Crippen MR) is 75.9 cm³/mol. The third kappa shape index (κ3) is 3.45. The molecule has 7 heteroatoms. The van der Waals surface area contributed by atoms with Gasteiger partial charge < -0.3 is 10.1 Å². The van der Waals surface area contributed by atoms with E-state index >= 15 is 0 Å². The maximum absolute atomic E-state index is 10.7. The largest absolute Gasteiger partial charge is 0.497 e. The predicted octanol–water partition coefficient (Wildman–Crippen LogP) is 2.48. The number of nitrogens with one attached hydrogen (secondary N) is 1. The number of methoxy groups -OCH3 is 1. The Kier molecular flexibility index (Phi) is 4.31. The zero-order valence-corrected chi connectivity index (χ0v) is 11.2. The van der Waals surface area contributed by atoms with E-state index in [-0.39, 0.29) is 11.4 Å². The average molecular weight is 284 g/mol. The summed E-state index contributed by atoms with van der Waals surface area (Å²) < 4.78 is 5.07. The average Bonchev–Trinajstić information content (AvgIpc) is 2.52. The maximum Gasteiger partial charge on any atom is 0.305 e. The van der Waals surface area contributed by atoms with Crippen molar-refractivity contribution in [2.45, 2.75) is 6.54 Å². The molecule has 0 saturated carbocycles. The first-order chi connectivity index (χ1) is 10.1. The first-order valence-electron chi connectivity index (χ1n) is 6.06. The molecule has 1 aromatic heterocycles.